The summed E-state index contributed by atoms with van der Waals surface area (Å²) in [5.74, 6) is 0.379. The van der Waals surface area contributed by atoms with Crippen molar-refractivity contribution in [2.75, 3.05) is 19.8 Å². The van der Waals surface area contributed by atoms with Gasteiger partial charge in [-0.2, -0.15) is 0 Å². The minimum absolute atomic E-state index is 0.0306. The normalized spacial score (nSPS) is 10.3. The van der Waals surface area contributed by atoms with Gasteiger partial charge >= 0.3 is 5.97 Å². The highest BCUT2D eigenvalue weighted by atomic mass is 16.6. The van der Waals surface area contributed by atoms with Gasteiger partial charge in [0, 0.05) is 6.54 Å². The van der Waals surface area contributed by atoms with Crippen LogP contribution >= 0.6 is 0 Å². The third-order valence-corrected chi connectivity index (χ3v) is 2.80. The molecule has 0 aliphatic heterocycles. The first-order chi connectivity index (χ1) is 9.76. The lowest BCUT2D eigenvalue weighted by Crippen LogP contribution is -2.15. The zero-order chi connectivity index (χ0) is 14.6. The maximum atomic E-state index is 11.4. The number of unbranched alkanes of at least 4 members (excludes halogenated alkanes) is 1. The highest BCUT2D eigenvalue weighted by Crippen LogP contribution is 2.12. The summed E-state index contributed by atoms with van der Waals surface area (Å²) in [6.07, 6.45) is 3.04. The molecule has 0 atom stereocenters. The molecule has 0 saturated carbocycles. The lowest BCUT2D eigenvalue weighted by Gasteiger charge is -2.08. The molecule has 1 aromatic carbocycles. The van der Waals surface area contributed by atoms with Gasteiger partial charge in [0.05, 0.1) is 6.61 Å². The van der Waals surface area contributed by atoms with Crippen molar-refractivity contribution in [2.24, 2.45) is 0 Å². The highest BCUT2D eigenvalue weighted by molar-refractivity contribution is 5.71. The number of nitrogens with one attached hydrogen (secondary N) is 1. The van der Waals surface area contributed by atoms with Crippen molar-refractivity contribution in [1.29, 1.82) is 0 Å². The summed E-state index contributed by atoms with van der Waals surface area (Å²) in [4.78, 5) is 11.4. The molecule has 1 rings (SSSR count). The average molecular weight is 279 g/mol. The Hall–Kier alpha value is -1.55. The van der Waals surface area contributed by atoms with E-state index in [0.29, 0.717) is 12.4 Å². The summed E-state index contributed by atoms with van der Waals surface area (Å²) in [6, 6.07) is 7.76. The summed E-state index contributed by atoms with van der Waals surface area (Å²) in [5.41, 5.74) is 1.20. The predicted octanol–water partition coefficient (Wildman–Crippen LogP) is 2.91. The van der Waals surface area contributed by atoms with Crippen LogP contribution < -0.4 is 10.1 Å². The number of hydrogen-bond acceptors (Lipinski definition) is 4. The summed E-state index contributed by atoms with van der Waals surface area (Å²) in [6.45, 7) is 6.51. The largest absolute Gasteiger partial charge is 0.482 e. The molecule has 0 spiro atoms. The van der Waals surface area contributed by atoms with Gasteiger partial charge in [0.1, 0.15) is 5.75 Å². The van der Waals surface area contributed by atoms with E-state index in [1.54, 1.807) is 0 Å². The molecular formula is C16H25NO3. The zero-order valence-corrected chi connectivity index (χ0v) is 12.5. The van der Waals surface area contributed by atoms with Crippen LogP contribution in [0.1, 0.15) is 38.7 Å². The maximum Gasteiger partial charge on any atom is 0.344 e. The number of rotatable bonds is 10. The smallest absolute Gasteiger partial charge is 0.344 e. The third-order valence-electron chi connectivity index (χ3n) is 2.80. The number of hydrogen-bond donors (Lipinski definition) is 1. The van der Waals surface area contributed by atoms with E-state index in [1.165, 1.54) is 5.56 Å². The van der Waals surface area contributed by atoms with Crippen LogP contribution in [0.3, 0.4) is 0 Å². The van der Waals surface area contributed by atoms with E-state index in [-0.39, 0.29) is 12.6 Å². The van der Waals surface area contributed by atoms with Gasteiger partial charge in [0.25, 0.3) is 0 Å². The summed E-state index contributed by atoms with van der Waals surface area (Å²) < 4.78 is 10.4. The standard InChI is InChI=1S/C16H25NO3/c1-3-5-11-19-16(18)13-20-15-8-6-14(7-9-15)12-17-10-4-2/h6-9,17H,3-5,10-13H2,1-2H3. The van der Waals surface area contributed by atoms with Crippen LogP contribution in [-0.2, 0) is 16.1 Å². The van der Waals surface area contributed by atoms with Crippen LogP contribution in [0.15, 0.2) is 24.3 Å². The Morgan fingerprint density at radius 3 is 2.55 bits per heavy atom. The molecule has 4 nitrogen and oxygen atoms in total. The molecule has 4 heteroatoms. The molecule has 0 fully saturated rings. The monoisotopic (exact) mass is 279 g/mol. The Bertz CT molecular complexity index is 376. The molecule has 0 radical (unpaired) electrons. The van der Waals surface area contributed by atoms with Crippen molar-refractivity contribution in [1.82, 2.24) is 5.32 Å². The first kappa shape index (κ1) is 16.5. The van der Waals surface area contributed by atoms with E-state index in [2.05, 4.69) is 19.2 Å². The number of carbonyl (C=O) groups excluding carboxylic acids is 1. The Morgan fingerprint density at radius 1 is 1.15 bits per heavy atom. The molecule has 0 aliphatic carbocycles. The molecule has 0 saturated heterocycles. The summed E-state index contributed by atoms with van der Waals surface area (Å²) >= 11 is 0. The van der Waals surface area contributed by atoms with E-state index in [0.717, 1.165) is 32.4 Å². The quantitative estimate of drug-likeness (QED) is 0.528. The molecular weight excluding hydrogens is 254 g/mol. The molecule has 0 bridgehead atoms. The second-order valence-corrected chi connectivity index (χ2v) is 4.68. The highest BCUT2D eigenvalue weighted by Gasteiger charge is 2.03. The zero-order valence-electron chi connectivity index (χ0n) is 12.5. The van der Waals surface area contributed by atoms with Crippen LogP contribution in [0, 0.1) is 0 Å². The Labute approximate surface area is 121 Å². The van der Waals surface area contributed by atoms with Gasteiger partial charge in [0.2, 0.25) is 0 Å². The molecule has 20 heavy (non-hydrogen) atoms. The van der Waals surface area contributed by atoms with Crippen molar-refractivity contribution in [3.8, 4) is 5.75 Å². The van der Waals surface area contributed by atoms with Gasteiger partial charge in [0.15, 0.2) is 6.61 Å². The molecule has 0 aliphatic rings. The van der Waals surface area contributed by atoms with Crippen molar-refractivity contribution >= 4 is 5.97 Å². The molecule has 0 aromatic heterocycles. The van der Waals surface area contributed by atoms with Crippen LogP contribution in [0.4, 0.5) is 0 Å². The van der Waals surface area contributed by atoms with Crippen molar-refractivity contribution < 1.29 is 14.3 Å². The molecule has 0 amide bonds. The van der Waals surface area contributed by atoms with Gasteiger partial charge in [-0.15, -0.1) is 0 Å². The Kier molecular flexibility index (Phi) is 8.47. The van der Waals surface area contributed by atoms with Crippen LogP contribution in [-0.4, -0.2) is 25.7 Å². The third kappa shape index (κ3) is 7.14. The van der Waals surface area contributed by atoms with Gasteiger partial charge in [-0.1, -0.05) is 32.4 Å². The van der Waals surface area contributed by atoms with E-state index in [1.807, 2.05) is 24.3 Å². The number of carbonyl (C=O) groups is 1. The maximum absolute atomic E-state index is 11.4. The Morgan fingerprint density at radius 2 is 1.90 bits per heavy atom. The number of esters is 1. The van der Waals surface area contributed by atoms with Crippen molar-refractivity contribution in [2.45, 2.75) is 39.7 Å². The SMILES string of the molecule is CCCCOC(=O)COc1ccc(CNCCC)cc1. The Balaban J connectivity index is 2.25. The molecule has 112 valence electrons. The van der Waals surface area contributed by atoms with E-state index in [4.69, 9.17) is 9.47 Å². The first-order valence-electron chi connectivity index (χ1n) is 7.34. The van der Waals surface area contributed by atoms with Gasteiger partial charge in [-0.25, -0.2) is 4.79 Å². The van der Waals surface area contributed by atoms with E-state index < -0.39 is 0 Å². The van der Waals surface area contributed by atoms with Crippen molar-refractivity contribution in [3.63, 3.8) is 0 Å². The van der Waals surface area contributed by atoms with Crippen LogP contribution in [0.5, 0.6) is 5.75 Å². The lowest BCUT2D eigenvalue weighted by molar-refractivity contribution is -0.146. The second kappa shape index (κ2) is 10.3. The molecule has 0 unspecified atom stereocenters. The molecule has 0 heterocycles. The predicted molar refractivity (Wildman–Crippen MR) is 79.8 cm³/mol. The molecule has 1 N–H and O–H groups in total. The van der Waals surface area contributed by atoms with E-state index in [9.17, 15) is 4.79 Å². The topological polar surface area (TPSA) is 47.6 Å². The van der Waals surface area contributed by atoms with Gasteiger partial charge in [-0.3, -0.25) is 0 Å². The van der Waals surface area contributed by atoms with Gasteiger partial charge in [-0.05, 0) is 37.1 Å². The van der Waals surface area contributed by atoms with E-state index >= 15 is 0 Å². The fourth-order valence-electron chi connectivity index (χ4n) is 1.63. The lowest BCUT2D eigenvalue weighted by atomic mass is 10.2. The second-order valence-electron chi connectivity index (χ2n) is 4.68. The summed E-state index contributed by atoms with van der Waals surface area (Å²) in [7, 11) is 0. The fourth-order valence-corrected chi connectivity index (χ4v) is 1.63. The van der Waals surface area contributed by atoms with Crippen LogP contribution in [0.2, 0.25) is 0 Å². The fraction of sp³-hybridized carbons (Fsp3) is 0.562. The summed E-state index contributed by atoms with van der Waals surface area (Å²) in [5, 5.41) is 3.33. The number of ether oxygens (including phenoxy) is 2. The first-order valence-corrected chi connectivity index (χ1v) is 7.34. The van der Waals surface area contributed by atoms with Gasteiger partial charge < -0.3 is 14.8 Å². The minimum atomic E-state index is -0.313. The number of benzene rings is 1. The average Bonchev–Trinajstić information content (AvgIpc) is 2.47. The van der Waals surface area contributed by atoms with Crippen LogP contribution in [0.25, 0.3) is 0 Å². The minimum Gasteiger partial charge on any atom is -0.482 e. The van der Waals surface area contributed by atoms with Crippen molar-refractivity contribution in [3.05, 3.63) is 29.8 Å². The molecule has 1 aromatic rings.